The molecule has 1 aromatic heterocycles. The third-order valence-corrected chi connectivity index (χ3v) is 2.67. The zero-order valence-corrected chi connectivity index (χ0v) is 10.0. The molecule has 9 heteroatoms. The van der Waals surface area contributed by atoms with Gasteiger partial charge in [-0.2, -0.15) is 18.3 Å². The Hall–Kier alpha value is -1.74. The number of benzene rings is 1. The van der Waals surface area contributed by atoms with Crippen molar-refractivity contribution in [2.24, 2.45) is 0 Å². The Balaban J connectivity index is 2.68. The van der Waals surface area contributed by atoms with Crippen LogP contribution >= 0.6 is 12.2 Å². The average molecular weight is 293 g/mol. The predicted octanol–water partition coefficient (Wildman–Crippen LogP) is 2.58. The average Bonchev–Trinajstić information content (AvgIpc) is 2.69. The summed E-state index contributed by atoms with van der Waals surface area (Å²) in [6.45, 7) is -0.594. The number of alkyl halides is 3. The summed E-state index contributed by atoms with van der Waals surface area (Å²) >= 11 is 4.80. The van der Waals surface area contributed by atoms with Crippen molar-refractivity contribution in [3.63, 3.8) is 0 Å². The van der Waals surface area contributed by atoms with Gasteiger partial charge in [0.15, 0.2) is 10.6 Å². The van der Waals surface area contributed by atoms with E-state index in [2.05, 4.69) is 10.2 Å². The fraction of sp³-hybridized carbons (Fsp3) is 0.200. The van der Waals surface area contributed by atoms with Gasteiger partial charge in [-0.1, -0.05) is 0 Å². The van der Waals surface area contributed by atoms with E-state index in [1.54, 1.807) is 0 Å². The van der Waals surface area contributed by atoms with Gasteiger partial charge in [-0.15, -0.1) is 0 Å². The van der Waals surface area contributed by atoms with Crippen LogP contribution in [0, 0.1) is 10.6 Å². The molecule has 0 radical (unpaired) electrons. The first-order valence-corrected chi connectivity index (χ1v) is 5.39. The molecular formula is C10H7F4N3OS. The zero-order valence-electron chi connectivity index (χ0n) is 9.20. The second-order valence-corrected chi connectivity index (χ2v) is 3.99. The van der Waals surface area contributed by atoms with Gasteiger partial charge >= 0.3 is 6.18 Å². The quantitative estimate of drug-likeness (QED) is 0.661. The number of hydrogen-bond acceptors (Lipinski definition) is 3. The van der Waals surface area contributed by atoms with E-state index in [0.717, 1.165) is 4.57 Å². The highest BCUT2D eigenvalue weighted by atomic mass is 32.1. The number of halogens is 4. The van der Waals surface area contributed by atoms with Crippen molar-refractivity contribution >= 4 is 12.2 Å². The van der Waals surface area contributed by atoms with Gasteiger partial charge in [0.25, 0.3) is 0 Å². The Labute approximate surface area is 109 Å². The number of nitrogens with zero attached hydrogens (tertiary/aromatic N) is 2. The van der Waals surface area contributed by atoms with Crippen molar-refractivity contribution in [2.75, 3.05) is 0 Å². The van der Waals surface area contributed by atoms with E-state index in [0.29, 0.717) is 18.2 Å². The Kier molecular flexibility index (Phi) is 3.42. The molecule has 2 N–H and O–H groups in total. The van der Waals surface area contributed by atoms with Gasteiger partial charge < -0.3 is 5.11 Å². The summed E-state index contributed by atoms with van der Waals surface area (Å²) in [6, 6.07) is 1.93. The minimum atomic E-state index is -4.60. The molecule has 19 heavy (non-hydrogen) atoms. The van der Waals surface area contributed by atoms with Crippen LogP contribution < -0.4 is 0 Å². The molecule has 0 atom stereocenters. The zero-order chi connectivity index (χ0) is 14.2. The van der Waals surface area contributed by atoms with Crippen molar-refractivity contribution in [3.05, 3.63) is 40.2 Å². The van der Waals surface area contributed by atoms with Crippen LogP contribution in [0.5, 0.6) is 0 Å². The third-order valence-electron chi connectivity index (χ3n) is 2.40. The highest BCUT2D eigenvalue weighted by molar-refractivity contribution is 7.71. The number of aromatic amines is 1. The topological polar surface area (TPSA) is 53.8 Å². The normalized spacial score (nSPS) is 11.8. The number of H-pyrrole nitrogens is 1. The maximum atomic E-state index is 13.7. The molecule has 0 bridgehead atoms. The summed E-state index contributed by atoms with van der Waals surface area (Å²) in [5.41, 5.74) is -1.44. The van der Waals surface area contributed by atoms with E-state index < -0.39 is 29.9 Å². The van der Waals surface area contributed by atoms with Crippen molar-refractivity contribution in [1.82, 2.24) is 14.8 Å². The van der Waals surface area contributed by atoms with Crippen LogP contribution in [-0.2, 0) is 12.8 Å². The molecule has 0 amide bonds. The number of aliphatic hydroxyl groups excluding tert-OH is 1. The number of rotatable bonds is 2. The molecule has 0 aliphatic carbocycles. The second kappa shape index (κ2) is 4.74. The SMILES string of the molecule is OCc1n[nH]c(=S)n1-c1cc(C(F)(F)F)ccc1F. The number of aliphatic hydroxyl groups is 1. The van der Waals surface area contributed by atoms with Crippen molar-refractivity contribution in [3.8, 4) is 5.69 Å². The van der Waals surface area contributed by atoms with E-state index in [-0.39, 0.29) is 10.6 Å². The Morgan fingerprint density at radius 2 is 2.05 bits per heavy atom. The lowest BCUT2D eigenvalue weighted by Gasteiger charge is -2.11. The molecule has 0 spiro atoms. The molecule has 4 nitrogen and oxygen atoms in total. The van der Waals surface area contributed by atoms with Crippen molar-refractivity contribution in [1.29, 1.82) is 0 Å². The summed E-state index contributed by atoms with van der Waals surface area (Å²) in [6.07, 6.45) is -4.60. The fourth-order valence-electron chi connectivity index (χ4n) is 1.54. The maximum absolute atomic E-state index is 13.7. The number of hydrogen-bond donors (Lipinski definition) is 2. The molecule has 2 aromatic rings. The third kappa shape index (κ3) is 2.51. The summed E-state index contributed by atoms with van der Waals surface area (Å²) in [7, 11) is 0. The van der Waals surface area contributed by atoms with Gasteiger partial charge in [0, 0.05) is 0 Å². The van der Waals surface area contributed by atoms with Crippen LogP contribution in [-0.4, -0.2) is 19.9 Å². The van der Waals surface area contributed by atoms with Gasteiger partial charge in [0.05, 0.1) is 11.3 Å². The Bertz CT molecular complexity index is 662. The largest absolute Gasteiger partial charge is 0.416 e. The number of nitrogens with one attached hydrogen (secondary N) is 1. The smallest absolute Gasteiger partial charge is 0.388 e. The summed E-state index contributed by atoms with van der Waals surface area (Å²) in [5, 5.41) is 14.9. The highest BCUT2D eigenvalue weighted by Crippen LogP contribution is 2.31. The minimum Gasteiger partial charge on any atom is -0.388 e. The van der Waals surface area contributed by atoms with Gasteiger partial charge in [0.1, 0.15) is 12.4 Å². The molecule has 0 unspecified atom stereocenters. The fourth-order valence-corrected chi connectivity index (χ4v) is 1.79. The van der Waals surface area contributed by atoms with Crippen LogP contribution in [0.4, 0.5) is 17.6 Å². The summed E-state index contributed by atoms with van der Waals surface area (Å²) in [5.74, 6) is -0.983. The molecule has 0 aliphatic rings. The second-order valence-electron chi connectivity index (χ2n) is 3.60. The first-order chi connectivity index (χ1) is 8.84. The lowest BCUT2D eigenvalue weighted by atomic mass is 10.2. The molecule has 102 valence electrons. The molecule has 1 aromatic carbocycles. The van der Waals surface area contributed by atoms with Crippen molar-refractivity contribution < 1.29 is 22.7 Å². The summed E-state index contributed by atoms with van der Waals surface area (Å²) in [4.78, 5) is 0. The Morgan fingerprint density at radius 1 is 1.37 bits per heavy atom. The summed E-state index contributed by atoms with van der Waals surface area (Å²) < 4.78 is 52.2. The minimum absolute atomic E-state index is 0.0803. The van der Waals surface area contributed by atoms with Gasteiger partial charge in [-0.05, 0) is 30.4 Å². The van der Waals surface area contributed by atoms with E-state index >= 15 is 0 Å². The Morgan fingerprint density at radius 3 is 2.63 bits per heavy atom. The molecule has 0 aliphatic heterocycles. The van der Waals surface area contributed by atoms with Crippen LogP contribution in [0.15, 0.2) is 18.2 Å². The number of aromatic nitrogens is 3. The molecule has 2 rings (SSSR count). The van der Waals surface area contributed by atoms with E-state index in [1.165, 1.54) is 0 Å². The standard InChI is InChI=1S/C10H7F4N3OS/c11-6-2-1-5(10(12,13)14)3-7(6)17-8(4-18)15-16-9(17)19/h1-3,18H,4H2,(H,16,19). The lowest BCUT2D eigenvalue weighted by molar-refractivity contribution is -0.137. The van der Waals surface area contributed by atoms with Crippen LogP contribution in [0.3, 0.4) is 0 Å². The van der Waals surface area contributed by atoms with Gasteiger partial charge in [-0.25, -0.2) is 4.39 Å². The first-order valence-electron chi connectivity index (χ1n) is 4.99. The molecule has 1 heterocycles. The molecule has 0 saturated heterocycles. The molecular weight excluding hydrogens is 286 g/mol. The van der Waals surface area contributed by atoms with E-state index in [4.69, 9.17) is 17.3 Å². The maximum Gasteiger partial charge on any atom is 0.416 e. The van der Waals surface area contributed by atoms with Crippen LogP contribution in [0.2, 0.25) is 0 Å². The predicted molar refractivity (Wildman–Crippen MR) is 59.6 cm³/mol. The van der Waals surface area contributed by atoms with Gasteiger partial charge in [-0.3, -0.25) is 9.67 Å². The van der Waals surface area contributed by atoms with Gasteiger partial charge in [0.2, 0.25) is 0 Å². The van der Waals surface area contributed by atoms with E-state index in [1.807, 2.05) is 0 Å². The monoisotopic (exact) mass is 293 g/mol. The molecule has 0 saturated carbocycles. The van der Waals surface area contributed by atoms with Crippen LogP contribution in [0.25, 0.3) is 5.69 Å². The first kappa shape index (κ1) is 13.7. The van der Waals surface area contributed by atoms with Crippen LogP contribution in [0.1, 0.15) is 11.4 Å². The molecule has 0 fully saturated rings. The lowest BCUT2D eigenvalue weighted by Crippen LogP contribution is -2.09. The van der Waals surface area contributed by atoms with Crippen molar-refractivity contribution in [2.45, 2.75) is 12.8 Å². The highest BCUT2D eigenvalue weighted by Gasteiger charge is 2.31. The van der Waals surface area contributed by atoms with E-state index in [9.17, 15) is 17.6 Å².